The number of nitrogens with one attached hydrogen (secondary N) is 1. The van der Waals surface area contributed by atoms with Crippen LogP contribution in [0.4, 0.5) is 4.79 Å². The number of urea groups is 1. The van der Waals surface area contributed by atoms with Crippen LogP contribution in [0.15, 0.2) is 18.2 Å². The molecule has 1 aromatic rings. The normalized spacial score (nSPS) is 21.2. The van der Waals surface area contributed by atoms with E-state index in [1.165, 1.54) is 6.42 Å². The van der Waals surface area contributed by atoms with Gasteiger partial charge in [-0.3, -0.25) is 9.59 Å². The number of nitrogens with zero attached hydrogens (tertiary/aromatic N) is 2. The van der Waals surface area contributed by atoms with Crippen molar-refractivity contribution in [1.82, 2.24) is 15.1 Å². The molecule has 35 heavy (non-hydrogen) atoms. The van der Waals surface area contributed by atoms with Crippen molar-refractivity contribution in [2.75, 3.05) is 20.8 Å². The first-order valence-electron chi connectivity index (χ1n) is 12.6. The largest absolute Gasteiger partial charge is 0.497 e. The minimum absolute atomic E-state index is 0.00209. The van der Waals surface area contributed by atoms with E-state index < -0.39 is 18.0 Å². The van der Waals surface area contributed by atoms with Crippen LogP contribution in [0, 0.1) is 5.92 Å². The molecule has 2 fully saturated rings. The summed E-state index contributed by atoms with van der Waals surface area (Å²) in [6, 6.07) is 4.16. The number of rotatable bonds is 9. The molecule has 1 saturated carbocycles. The molecule has 3 N–H and O–H groups in total. The molecule has 0 bridgehead atoms. The van der Waals surface area contributed by atoms with E-state index in [4.69, 9.17) is 15.2 Å². The van der Waals surface area contributed by atoms with Gasteiger partial charge in [-0.1, -0.05) is 33.1 Å². The van der Waals surface area contributed by atoms with Gasteiger partial charge in [-0.15, -0.1) is 0 Å². The van der Waals surface area contributed by atoms with Crippen molar-refractivity contribution < 1.29 is 23.9 Å². The fourth-order valence-corrected chi connectivity index (χ4v) is 5.20. The molecule has 194 valence electrons. The van der Waals surface area contributed by atoms with Crippen molar-refractivity contribution in [2.24, 2.45) is 11.7 Å². The Morgan fingerprint density at radius 3 is 2.26 bits per heavy atom. The zero-order valence-electron chi connectivity index (χ0n) is 21.4. The van der Waals surface area contributed by atoms with Crippen LogP contribution in [0.5, 0.6) is 11.5 Å². The van der Waals surface area contributed by atoms with Gasteiger partial charge in [0.25, 0.3) is 0 Å². The van der Waals surface area contributed by atoms with Crippen LogP contribution >= 0.6 is 0 Å². The number of hydrogen-bond acceptors (Lipinski definition) is 5. The highest BCUT2D eigenvalue weighted by molar-refractivity contribution is 5.89. The molecule has 0 aromatic heterocycles. The van der Waals surface area contributed by atoms with Crippen molar-refractivity contribution in [1.29, 1.82) is 0 Å². The Bertz CT molecular complexity index is 877. The Balaban J connectivity index is 1.89. The molecule has 1 aliphatic heterocycles. The Kier molecular flexibility index (Phi) is 9.23. The molecule has 1 aromatic carbocycles. The number of piperazine rings is 1. The van der Waals surface area contributed by atoms with Crippen molar-refractivity contribution in [2.45, 2.75) is 83.5 Å². The smallest absolute Gasteiger partial charge is 0.318 e. The van der Waals surface area contributed by atoms with Crippen molar-refractivity contribution in [3.63, 3.8) is 0 Å². The van der Waals surface area contributed by atoms with Crippen LogP contribution in [0.3, 0.4) is 0 Å². The zero-order valence-corrected chi connectivity index (χ0v) is 21.4. The van der Waals surface area contributed by atoms with E-state index in [2.05, 4.69) is 5.32 Å². The highest BCUT2D eigenvalue weighted by atomic mass is 16.5. The number of nitrogens with two attached hydrogens (primary N) is 1. The highest BCUT2D eigenvalue weighted by Gasteiger charge is 2.44. The molecular weight excluding hydrogens is 448 g/mol. The van der Waals surface area contributed by atoms with E-state index in [9.17, 15) is 14.4 Å². The van der Waals surface area contributed by atoms with E-state index in [1.807, 2.05) is 26.0 Å². The molecule has 9 nitrogen and oxygen atoms in total. The Labute approximate surface area is 208 Å². The van der Waals surface area contributed by atoms with Crippen LogP contribution < -0.4 is 20.5 Å². The van der Waals surface area contributed by atoms with Crippen LogP contribution in [-0.4, -0.2) is 66.5 Å². The first-order chi connectivity index (χ1) is 16.7. The van der Waals surface area contributed by atoms with E-state index in [-0.39, 0.29) is 36.9 Å². The maximum absolute atomic E-state index is 13.7. The van der Waals surface area contributed by atoms with Gasteiger partial charge in [0.2, 0.25) is 11.8 Å². The second-order valence-corrected chi connectivity index (χ2v) is 10.1. The lowest BCUT2D eigenvalue weighted by atomic mass is 9.94. The predicted octanol–water partition coefficient (Wildman–Crippen LogP) is 3.05. The lowest BCUT2D eigenvalue weighted by Crippen LogP contribution is -2.66. The number of methoxy groups -OCH3 is 2. The summed E-state index contributed by atoms with van der Waals surface area (Å²) in [6.45, 7) is 4.60. The summed E-state index contributed by atoms with van der Waals surface area (Å²) in [6.07, 6.45) is 5.73. The summed E-state index contributed by atoms with van der Waals surface area (Å²) < 4.78 is 10.8. The van der Waals surface area contributed by atoms with Gasteiger partial charge in [0, 0.05) is 31.6 Å². The SMILES string of the molecule is COc1cc(CN2C[C@H](CC(N)=O)N(C(=O)NC3CCCCC3)[C@@H](CC(C)C)C2=O)cc(OC)c1. The monoisotopic (exact) mass is 488 g/mol. The van der Waals surface area contributed by atoms with E-state index >= 15 is 0 Å². The van der Waals surface area contributed by atoms with Crippen molar-refractivity contribution in [3.05, 3.63) is 23.8 Å². The molecule has 0 unspecified atom stereocenters. The molecule has 4 amide bonds. The molecule has 2 atom stereocenters. The van der Waals surface area contributed by atoms with Gasteiger partial charge in [0.1, 0.15) is 17.5 Å². The first kappa shape index (κ1) is 26.6. The molecule has 1 aliphatic carbocycles. The Morgan fingerprint density at radius 2 is 1.71 bits per heavy atom. The molecular formula is C26H40N4O5. The lowest BCUT2D eigenvalue weighted by molar-refractivity contribution is -0.145. The summed E-state index contributed by atoms with van der Waals surface area (Å²) >= 11 is 0. The third kappa shape index (κ3) is 7.02. The van der Waals surface area contributed by atoms with Crippen LogP contribution in [0.2, 0.25) is 0 Å². The molecule has 0 spiro atoms. The minimum atomic E-state index is -0.663. The van der Waals surface area contributed by atoms with Crippen LogP contribution in [0.1, 0.15) is 64.4 Å². The first-order valence-corrected chi connectivity index (χ1v) is 12.6. The van der Waals surface area contributed by atoms with Crippen LogP contribution in [-0.2, 0) is 16.1 Å². The number of carbonyl (C=O) groups is 3. The summed E-state index contributed by atoms with van der Waals surface area (Å²) in [5.74, 6) is 0.820. The third-order valence-electron chi connectivity index (χ3n) is 6.84. The average molecular weight is 489 g/mol. The second-order valence-electron chi connectivity index (χ2n) is 10.1. The maximum atomic E-state index is 13.7. The van der Waals surface area contributed by atoms with Gasteiger partial charge in [0.15, 0.2) is 0 Å². The molecule has 1 saturated heterocycles. The lowest BCUT2D eigenvalue weighted by Gasteiger charge is -2.46. The molecule has 9 heteroatoms. The van der Waals surface area contributed by atoms with Gasteiger partial charge in [0.05, 0.1) is 20.3 Å². The van der Waals surface area contributed by atoms with Gasteiger partial charge >= 0.3 is 6.03 Å². The topological polar surface area (TPSA) is 114 Å². The summed E-state index contributed by atoms with van der Waals surface area (Å²) in [7, 11) is 3.16. The highest BCUT2D eigenvalue weighted by Crippen LogP contribution is 2.29. The number of primary amides is 1. The summed E-state index contributed by atoms with van der Waals surface area (Å²) in [5, 5.41) is 3.14. The van der Waals surface area contributed by atoms with Gasteiger partial charge in [-0.25, -0.2) is 4.79 Å². The number of carbonyl (C=O) groups excluding carboxylic acids is 3. The minimum Gasteiger partial charge on any atom is -0.497 e. The summed E-state index contributed by atoms with van der Waals surface area (Å²) in [5.41, 5.74) is 6.43. The fraction of sp³-hybridized carbons (Fsp3) is 0.654. The molecule has 1 heterocycles. The predicted molar refractivity (Wildman–Crippen MR) is 133 cm³/mol. The quantitative estimate of drug-likeness (QED) is 0.555. The van der Waals surface area contributed by atoms with E-state index in [0.29, 0.717) is 24.5 Å². The van der Waals surface area contributed by atoms with E-state index in [0.717, 1.165) is 31.2 Å². The molecule has 2 aliphatic rings. The second kappa shape index (κ2) is 12.1. The molecule has 0 radical (unpaired) electrons. The number of hydrogen-bond donors (Lipinski definition) is 2. The van der Waals surface area contributed by atoms with Gasteiger partial charge in [-0.05, 0) is 42.9 Å². The van der Waals surface area contributed by atoms with Gasteiger partial charge < -0.3 is 30.3 Å². The Hall–Kier alpha value is -2.97. The third-order valence-corrected chi connectivity index (χ3v) is 6.84. The number of ether oxygens (including phenoxy) is 2. The number of amides is 4. The fourth-order valence-electron chi connectivity index (χ4n) is 5.20. The number of benzene rings is 1. The standard InChI is InChI=1S/C26H40N4O5/c1-17(2)10-23-25(32)29(15-18-11-21(34-3)14-22(12-18)35-4)16-20(13-24(27)31)30(23)26(33)28-19-8-6-5-7-9-19/h11-12,14,17,19-20,23H,5-10,13,15-16H2,1-4H3,(H2,27,31)(H,28,33)/t20-,23-/m0/s1. The zero-order chi connectivity index (χ0) is 25.5. The average Bonchev–Trinajstić information content (AvgIpc) is 2.81. The summed E-state index contributed by atoms with van der Waals surface area (Å²) in [4.78, 5) is 42.5. The maximum Gasteiger partial charge on any atom is 0.318 e. The Morgan fingerprint density at radius 1 is 1.09 bits per heavy atom. The van der Waals surface area contributed by atoms with E-state index in [1.54, 1.807) is 30.1 Å². The van der Waals surface area contributed by atoms with Crippen molar-refractivity contribution >= 4 is 17.8 Å². The van der Waals surface area contributed by atoms with Crippen LogP contribution in [0.25, 0.3) is 0 Å². The van der Waals surface area contributed by atoms with Crippen molar-refractivity contribution in [3.8, 4) is 11.5 Å². The van der Waals surface area contributed by atoms with Gasteiger partial charge in [-0.2, -0.15) is 0 Å². The molecule has 3 rings (SSSR count).